The van der Waals surface area contributed by atoms with Crippen LogP contribution < -0.4 is 0 Å². The maximum absolute atomic E-state index is 11.0. The van der Waals surface area contributed by atoms with E-state index in [0.29, 0.717) is 12.8 Å². The zero-order valence-corrected chi connectivity index (χ0v) is 14.0. The van der Waals surface area contributed by atoms with Crippen LogP contribution in [0.15, 0.2) is 0 Å². The van der Waals surface area contributed by atoms with Crippen molar-refractivity contribution in [1.29, 1.82) is 0 Å². The molecule has 0 atom stereocenters. The summed E-state index contributed by atoms with van der Waals surface area (Å²) in [5, 5.41) is 17.6. The van der Waals surface area contributed by atoms with E-state index in [9.17, 15) is 9.59 Å². The van der Waals surface area contributed by atoms with Crippen LogP contribution >= 0.6 is 0 Å². The summed E-state index contributed by atoms with van der Waals surface area (Å²) in [6, 6.07) is 0. The molecule has 0 spiro atoms. The third kappa shape index (κ3) is 4.98. The van der Waals surface area contributed by atoms with Gasteiger partial charge in [-0.05, 0) is 32.1 Å². The average molecular weight is 355 g/mol. The van der Waals surface area contributed by atoms with Crippen molar-refractivity contribution in [3.63, 3.8) is 0 Å². The van der Waals surface area contributed by atoms with Crippen LogP contribution in [0, 0.1) is 46.4 Å². The van der Waals surface area contributed by atoms with Gasteiger partial charge in [-0.1, -0.05) is 13.8 Å². The van der Waals surface area contributed by atoms with Gasteiger partial charge in [0.1, 0.15) is 0 Å². The second-order valence-corrected chi connectivity index (χ2v) is 5.06. The van der Waals surface area contributed by atoms with Gasteiger partial charge in [0, 0.05) is 42.0 Å². The molecule has 4 nitrogen and oxygen atoms in total. The summed E-state index contributed by atoms with van der Waals surface area (Å²) in [6.45, 7) is 7.08. The molecular weight excluding hydrogens is 335 g/mol. The number of carboxylic acid groups (broad SMARTS) is 2. The smallest absolute Gasteiger partial charge is 0.309 e. The van der Waals surface area contributed by atoms with E-state index < -0.39 is 22.8 Å². The zero-order chi connectivity index (χ0) is 12.3. The number of aliphatic carboxylic acids is 2. The summed E-state index contributed by atoms with van der Waals surface area (Å²) in [6.07, 6.45) is 1.21. The SMILES string of the molecule is CC(C)(CCCC(=O)O)C(C)(C)C(=O)O.[La]. The first-order chi connectivity index (χ1) is 6.61. The Morgan fingerprint density at radius 1 is 1.06 bits per heavy atom. The fraction of sp³-hybridized carbons (Fsp3) is 0.818. The molecule has 0 aliphatic rings. The van der Waals surface area contributed by atoms with Gasteiger partial charge in [0.2, 0.25) is 0 Å². The van der Waals surface area contributed by atoms with Crippen LogP contribution in [0.4, 0.5) is 0 Å². The van der Waals surface area contributed by atoms with E-state index in [1.54, 1.807) is 13.8 Å². The molecule has 2 N–H and O–H groups in total. The van der Waals surface area contributed by atoms with Crippen molar-refractivity contribution in [3.8, 4) is 0 Å². The molecule has 0 aliphatic carbocycles. The van der Waals surface area contributed by atoms with Gasteiger partial charge in [-0.3, -0.25) is 9.59 Å². The Balaban J connectivity index is 0. The summed E-state index contributed by atoms with van der Waals surface area (Å²) < 4.78 is 0. The van der Waals surface area contributed by atoms with Gasteiger partial charge in [0.05, 0.1) is 5.41 Å². The van der Waals surface area contributed by atoms with Crippen molar-refractivity contribution >= 4 is 11.9 Å². The Labute approximate surface area is 124 Å². The molecule has 0 fully saturated rings. The Bertz CT molecular complexity index is 259. The van der Waals surface area contributed by atoms with Crippen LogP contribution in [-0.4, -0.2) is 22.2 Å². The van der Waals surface area contributed by atoms with E-state index >= 15 is 0 Å². The normalized spacial score (nSPS) is 11.8. The van der Waals surface area contributed by atoms with Crippen LogP contribution in [0.25, 0.3) is 0 Å². The molecule has 5 heteroatoms. The molecule has 0 bridgehead atoms. The minimum atomic E-state index is -0.845. The molecule has 0 heterocycles. The van der Waals surface area contributed by atoms with E-state index in [-0.39, 0.29) is 42.0 Å². The fourth-order valence-corrected chi connectivity index (χ4v) is 1.28. The number of carbonyl (C=O) groups is 2. The standard InChI is InChI=1S/C11H20O4.La/c1-10(2,7-5-6-8(12)13)11(3,4)9(14)15;/h5-7H2,1-4H3,(H,12,13)(H,14,15);. The Morgan fingerprint density at radius 2 is 1.50 bits per heavy atom. The van der Waals surface area contributed by atoms with Gasteiger partial charge < -0.3 is 10.2 Å². The van der Waals surface area contributed by atoms with Crippen molar-refractivity contribution in [2.75, 3.05) is 0 Å². The topological polar surface area (TPSA) is 74.6 Å². The van der Waals surface area contributed by atoms with Crippen molar-refractivity contribution in [1.82, 2.24) is 0 Å². The molecule has 0 saturated heterocycles. The number of rotatable bonds is 6. The van der Waals surface area contributed by atoms with Crippen molar-refractivity contribution in [2.45, 2.75) is 47.0 Å². The van der Waals surface area contributed by atoms with Crippen LogP contribution in [-0.2, 0) is 9.59 Å². The van der Waals surface area contributed by atoms with Gasteiger partial charge in [0.25, 0.3) is 0 Å². The Morgan fingerprint density at radius 3 is 1.81 bits per heavy atom. The summed E-state index contributed by atoms with van der Waals surface area (Å²) in [7, 11) is 0. The largest absolute Gasteiger partial charge is 0.481 e. The van der Waals surface area contributed by atoms with E-state index in [1.165, 1.54) is 0 Å². The average Bonchev–Trinajstić information content (AvgIpc) is 2.02. The molecule has 0 aromatic heterocycles. The first kappa shape index (κ1) is 18.5. The molecular formula is C11H20LaO4. The van der Waals surface area contributed by atoms with Crippen LogP contribution in [0.1, 0.15) is 47.0 Å². The Kier molecular flexibility index (Phi) is 7.83. The molecule has 0 rings (SSSR count). The maximum Gasteiger partial charge on any atom is 0.309 e. The van der Waals surface area contributed by atoms with Gasteiger partial charge in [-0.15, -0.1) is 0 Å². The molecule has 1 radical (unpaired) electrons. The van der Waals surface area contributed by atoms with Crippen molar-refractivity contribution < 1.29 is 55.4 Å². The maximum atomic E-state index is 11.0. The zero-order valence-electron chi connectivity index (χ0n) is 10.4. The molecule has 0 aromatic rings. The van der Waals surface area contributed by atoms with Crippen LogP contribution in [0.5, 0.6) is 0 Å². The molecule has 0 aromatic carbocycles. The third-order valence-corrected chi connectivity index (χ3v) is 3.42. The van der Waals surface area contributed by atoms with Gasteiger partial charge >= 0.3 is 11.9 Å². The van der Waals surface area contributed by atoms with Gasteiger partial charge in [0.15, 0.2) is 0 Å². The quantitative estimate of drug-likeness (QED) is 0.767. The summed E-state index contributed by atoms with van der Waals surface area (Å²) in [5.41, 5.74) is -1.25. The molecule has 0 aliphatic heterocycles. The minimum absolute atomic E-state index is 0. The predicted octanol–water partition coefficient (Wildman–Crippen LogP) is 2.38. The second-order valence-electron chi connectivity index (χ2n) is 5.06. The summed E-state index contributed by atoms with van der Waals surface area (Å²) in [4.78, 5) is 21.4. The predicted molar refractivity (Wildman–Crippen MR) is 56.7 cm³/mol. The molecule has 16 heavy (non-hydrogen) atoms. The van der Waals surface area contributed by atoms with Gasteiger partial charge in [-0.2, -0.15) is 0 Å². The number of hydrogen-bond donors (Lipinski definition) is 2. The first-order valence-corrected chi connectivity index (χ1v) is 5.06. The van der Waals surface area contributed by atoms with E-state index in [2.05, 4.69) is 0 Å². The summed E-state index contributed by atoms with van der Waals surface area (Å²) in [5.74, 6) is -1.68. The molecule has 0 unspecified atom stereocenters. The number of hydrogen-bond acceptors (Lipinski definition) is 2. The fourth-order valence-electron chi connectivity index (χ4n) is 1.28. The van der Waals surface area contributed by atoms with Crippen molar-refractivity contribution in [3.05, 3.63) is 0 Å². The minimum Gasteiger partial charge on any atom is -0.481 e. The monoisotopic (exact) mass is 355 g/mol. The molecule has 0 saturated carbocycles. The van der Waals surface area contributed by atoms with Crippen LogP contribution in [0.2, 0.25) is 0 Å². The molecule has 0 amide bonds. The second kappa shape index (κ2) is 6.77. The van der Waals surface area contributed by atoms with Crippen molar-refractivity contribution in [2.24, 2.45) is 10.8 Å². The van der Waals surface area contributed by atoms with E-state index in [0.717, 1.165) is 0 Å². The Hall–Kier alpha value is 0.135. The molecule has 91 valence electrons. The van der Waals surface area contributed by atoms with Crippen LogP contribution in [0.3, 0.4) is 0 Å². The number of carboxylic acids is 2. The first-order valence-electron chi connectivity index (χ1n) is 5.06. The third-order valence-electron chi connectivity index (χ3n) is 3.42. The van der Waals surface area contributed by atoms with E-state index in [4.69, 9.17) is 10.2 Å². The van der Waals surface area contributed by atoms with E-state index in [1.807, 2.05) is 13.8 Å². The summed E-state index contributed by atoms with van der Waals surface area (Å²) >= 11 is 0. The van der Waals surface area contributed by atoms with Gasteiger partial charge in [-0.25, -0.2) is 0 Å².